The first-order valence-electron chi connectivity index (χ1n) is 5.43. The summed E-state index contributed by atoms with van der Waals surface area (Å²) < 4.78 is 5.22. The molecule has 2 nitrogen and oxygen atoms in total. The van der Waals surface area contributed by atoms with Crippen LogP contribution in [0.25, 0.3) is 0 Å². The average Bonchev–Trinajstić information content (AvgIpc) is 2.40. The Bertz CT molecular complexity index is 486. The molecule has 0 saturated heterocycles. The van der Waals surface area contributed by atoms with E-state index in [4.69, 9.17) is 4.74 Å². The fraction of sp³-hybridized carbons (Fsp3) is 0.0667. The number of carbonyl (C=O) groups is 1. The molecular weight excluding hydrogens is 212 g/mol. The molecule has 0 heterocycles. The van der Waals surface area contributed by atoms with Crippen LogP contribution in [-0.4, -0.2) is 12.4 Å². The first-order valence-corrected chi connectivity index (χ1v) is 5.43. The van der Waals surface area contributed by atoms with E-state index in [-0.39, 0.29) is 5.78 Å². The first kappa shape index (κ1) is 11.4. The number of ketones is 1. The van der Waals surface area contributed by atoms with Gasteiger partial charge in [0.1, 0.15) is 5.75 Å². The molecule has 85 valence electrons. The summed E-state index contributed by atoms with van der Waals surface area (Å²) >= 11 is 0. The van der Waals surface area contributed by atoms with E-state index in [1.54, 1.807) is 24.3 Å². The Kier molecular flexibility index (Phi) is 3.55. The second-order valence-corrected chi connectivity index (χ2v) is 3.57. The molecule has 0 fully saturated rings. The average molecular weight is 225 g/mol. The van der Waals surface area contributed by atoms with Gasteiger partial charge in [-0.05, 0) is 31.2 Å². The Morgan fingerprint density at radius 1 is 0.941 bits per heavy atom. The number of rotatable bonds is 4. The summed E-state index contributed by atoms with van der Waals surface area (Å²) in [5.41, 5.74) is 1.35. The molecule has 0 bridgehead atoms. The second-order valence-electron chi connectivity index (χ2n) is 3.57. The lowest BCUT2D eigenvalue weighted by atomic mass is 10.0. The van der Waals surface area contributed by atoms with Crippen molar-refractivity contribution < 1.29 is 9.53 Å². The zero-order valence-electron chi connectivity index (χ0n) is 9.43. The Balaban J connectivity index is 2.20. The Labute approximate surface area is 101 Å². The van der Waals surface area contributed by atoms with Crippen molar-refractivity contribution in [2.24, 2.45) is 0 Å². The predicted octanol–water partition coefficient (Wildman–Crippen LogP) is 3.13. The largest absolute Gasteiger partial charge is 0.494 e. The van der Waals surface area contributed by atoms with Crippen LogP contribution in [0.4, 0.5) is 0 Å². The van der Waals surface area contributed by atoms with Gasteiger partial charge in [0.2, 0.25) is 0 Å². The number of hydrogen-bond acceptors (Lipinski definition) is 2. The van der Waals surface area contributed by atoms with Crippen LogP contribution in [0.3, 0.4) is 0 Å². The summed E-state index contributed by atoms with van der Waals surface area (Å²) in [6, 6.07) is 16.3. The summed E-state index contributed by atoms with van der Waals surface area (Å²) in [5, 5.41) is 0. The highest BCUT2D eigenvalue weighted by Gasteiger charge is 2.07. The zero-order chi connectivity index (χ0) is 12.1. The lowest BCUT2D eigenvalue weighted by Crippen LogP contribution is -2.01. The maximum atomic E-state index is 12.1. The van der Waals surface area contributed by atoms with E-state index in [9.17, 15) is 4.79 Å². The molecular formula is C15H13O2. The lowest BCUT2D eigenvalue weighted by Gasteiger charge is -2.04. The van der Waals surface area contributed by atoms with E-state index in [1.165, 1.54) is 0 Å². The third-order valence-electron chi connectivity index (χ3n) is 2.42. The highest BCUT2D eigenvalue weighted by molar-refractivity contribution is 6.08. The normalized spacial score (nSPS) is 9.94. The van der Waals surface area contributed by atoms with Gasteiger partial charge < -0.3 is 4.74 Å². The molecule has 2 aromatic rings. The molecule has 0 N–H and O–H groups in total. The molecule has 1 radical (unpaired) electrons. The number of carbonyl (C=O) groups excluding carboxylic acids is 1. The van der Waals surface area contributed by atoms with Gasteiger partial charge in [0, 0.05) is 11.1 Å². The fourth-order valence-electron chi connectivity index (χ4n) is 1.58. The van der Waals surface area contributed by atoms with Crippen LogP contribution in [-0.2, 0) is 0 Å². The summed E-state index contributed by atoms with van der Waals surface area (Å²) in [7, 11) is 0. The quantitative estimate of drug-likeness (QED) is 0.747. The first-order chi connectivity index (χ1) is 8.31. The van der Waals surface area contributed by atoms with Crippen LogP contribution < -0.4 is 4.74 Å². The van der Waals surface area contributed by atoms with Gasteiger partial charge in [-0.2, -0.15) is 0 Å². The van der Waals surface area contributed by atoms with E-state index < -0.39 is 0 Å². The molecule has 0 unspecified atom stereocenters. The summed E-state index contributed by atoms with van der Waals surface area (Å²) in [4.78, 5) is 12.1. The van der Waals surface area contributed by atoms with Crippen molar-refractivity contribution in [1.29, 1.82) is 0 Å². The van der Waals surface area contributed by atoms with Crippen LogP contribution in [0.5, 0.6) is 5.75 Å². The number of hydrogen-bond donors (Lipinski definition) is 0. The maximum absolute atomic E-state index is 12.1. The third-order valence-corrected chi connectivity index (χ3v) is 2.42. The Morgan fingerprint density at radius 2 is 1.53 bits per heavy atom. The zero-order valence-corrected chi connectivity index (χ0v) is 9.43. The topological polar surface area (TPSA) is 26.3 Å². The van der Waals surface area contributed by atoms with Gasteiger partial charge in [0.25, 0.3) is 0 Å². The summed E-state index contributed by atoms with van der Waals surface area (Å²) in [6.45, 7) is 3.98. The van der Waals surface area contributed by atoms with Crippen molar-refractivity contribution in [2.45, 2.75) is 0 Å². The number of benzene rings is 2. The van der Waals surface area contributed by atoms with Gasteiger partial charge >= 0.3 is 0 Å². The Morgan fingerprint density at radius 3 is 2.12 bits per heavy atom. The molecule has 17 heavy (non-hydrogen) atoms. The molecule has 0 aromatic heterocycles. The van der Waals surface area contributed by atoms with E-state index in [2.05, 4.69) is 6.92 Å². The smallest absolute Gasteiger partial charge is 0.193 e. The van der Waals surface area contributed by atoms with Crippen molar-refractivity contribution in [3.05, 3.63) is 72.6 Å². The van der Waals surface area contributed by atoms with Crippen molar-refractivity contribution in [1.82, 2.24) is 0 Å². The molecule has 0 aliphatic rings. The molecule has 0 amide bonds. The van der Waals surface area contributed by atoms with E-state index in [0.29, 0.717) is 17.7 Å². The lowest BCUT2D eigenvalue weighted by molar-refractivity contribution is 0.103. The SMILES string of the molecule is [CH2]COc1ccc(C(=O)c2ccccc2)cc1. The van der Waals surface area contributed by atoms with Crippen LogP contribution in [0, 0.1) is 6.92 Å². The van der Waals surface area contributed by atoms with Crippen molar-refractivity contribution in [3.63, 3.8) is 0 Å². The van der Waals surface area contributed by atoms with Crippen LogP contribution >= 0.6 is 0 Å². The predicted molar refractivity (Wildman–Crippen MR) is 67.2 cm³/mol. The van der Waals surface area contributed by atoms with Gasteiger partial charge in [-0.15, -0.1) is 0 Å². The molecule has 2 heteroatoms. The summed E-state index contributed by atoms with van der Waals surface area (Å²) in [6.07, 6.45) is 0. The molecule has 2 rings (SSSR count). The van der Waals surface area contributed by atoms with E-state index in [1.807, 2.05) is 30.3 Å². The van der Waals surface area contributed by atoms with Crippen LogP contribution in [0.2, 0.25) is 0 Å². The second kappa shape index (κ2) is 5.30. The molecule has 0 saturated carbocycles. The van der Waals surface area contributed by atoms with Gasteiger partial charge in [-0.1, -0.05) is 30.3 Å². The minimum absolute atomic E-state index is 0.0202. The van der Waals surface area contributed by atoms with E-state index >= 15 is 0 Å². The molecule has 2 aromatic carbocycles. The highest BCUT2D eigenvalue weighted by atomic mass is 16.5. The van der Waals surface area contributed by atoms with Gasteiger partial charge in [0.05, 0.1) is 6.61 Å². The van der Waals surface area contributed by atoms with E-state index in [0.717, 1.165) is 5.75 Å². The minimum atomic E-state index is 0.0202. The molecule has 0 aliphatic heterocycles. The van der Waals surface area contributed by atoms with Crippen molar-refractivity contribution in [3.8, 4) is 5.75 Å². The minimum Gasteiger partial charge on any atom is -0.494 e. The third kappa shape index (κ3) is 2.72. The van der Waals surface area contributed by atoms with Crippen LogP contribution in [0.15, 0.2) is 54.6 Å². The monoisotopic (exact) mass is 225 g/mol. The molecule has 0 spiro atoms. The summed E-state index contributed by atoms with van der Waals surface area (Å²) in [5.74, 6) is 0.747. The fourth-order valence-corrected chi connectivity index (χ4v) is 1.58. The molecule has 0 atom stereocenters. The Hall–Kier alpha value is -2.09. The van der Waals surface area contributed by atoms with Crippen LogP contribution in [0.1, 0.15) is 15.9 Å². The van der Waals surface area contributed by atoms with Gasteiger partial charge in [0.15, 0.2) is 5.78 Å². The maximum Gasteiger partial charge on any atom is 0.193 e. The van der Waals surface area contributed by atoms with Crippen molar-refractivity contribution in [2.75, 3.05) is 6.61 Å². The molecule has 0 aliphatic carbocycles. The van der Waals surface area contributed by atoms with Gasteiger partial charge in [-0.25, -0.2) is 0 Å². The van der Waals surface area contributed by atoms with Crippen molar-refractivity contribution >= 4 is 5.78 Å². The number of ether oxygens (including phenoxy) is 1. The van der Waals surface area contributed by atoms with Gasteiger partial charge in [-0.3, -0.25) is 4.79 Å². The highest BCUT2D eigenvalue weighted by Crippen LogP contribution is 2.15. The standard InChI is InChI=1S/C15H13O2/c1-2-17-14-10-8-13(9-11-14)15(16)12-6-4-3-5-7-12/h3-11H,1-2H2.